The molecule has 0 atom stereocenters. The first kappa shape index (κ1) is 18.0. The van der Waals surface area contributed by atoms with Crippen LogP contribution in [0.3, 0.4) is 0 Å². The van der Waals surface area contributed by atoms with Crippen LogP contribution in [0, 0.1) is 0 Å². The van der Waals surface area contributed by atoms with Gasteiger partial charge in [-0.3, -0.25) is 0 Å². The van der Waals surface area contributed by atoms with Crippen molar-refractivity contribution >= 4 is 21.7 Å². The first-order valence-electron chi connectivity index (χ1n) is 4.53. The number of rotatable bonds is 6. The Kier molecular flexibility index (Phi) is 8.20. The minimum atomic E-state index is -3.82. The van der Waals surface area contributed by atoms with E-state index in [9.17, 15) is 18.8 Å². The van der Waals surface area contributed by atoms with Crippen LogP contribution in [0.5, 0.6) is 11.5 Å². The van der Waals surface area contributed by atoms with E-state index in [1.165, 1.54) is 18.2 Å². The predicted octanol–water partition coefficient (Wildman–Crippen LogP) is -2.86. The van der Waals surface area contributed by atoms with Crippen molar-refractivity contribution in [1.82, 2.24) is 0 Å². The molecule has 0 aliphatic carbocycles. The van der Waals surface area contributed by atoms with Crippen LogP contribution in [0.4, 0.5) is 0 Å². The fourth-order valence-corrected chi connectivity index (χ4v) is 2.32. The van der Waals surface area contributed by atoms with Crippen molar-refractivity contribution < 1.29 is 57.4 Å². The molecule has 6 nitrogen and oxygen atoms in total. The van der Waals surface area contributed by atoms with Crippen molar-refractivity contribution in [2.75, 3.05) is 11.6 Å². The second-order valence-corrected chi connectivity index (χ2v) is 5.17. The topological polar surface area (TPSA) is 95.9 Å². The maximum Gasteiger partial charge on any atom is 1.00 e. The number of hydrogen-bond acceptors (Lipinski definition) is 6. The largest absolute Gasteiger partial charge is 1.00 e. The molecule has 0 aromatic heterocycles. The normalized spacial score (nSPS) is 10.8. The second kappa shape index (κ2) is 8.21. The van der Waals surface area contributed by atoms with Gasteiger partial charge in [-0.15, -0.1) is 11.6 Å². The smallest absolute Gasteiger partial charge is 0.723 e. The summed E-state index contributed by atoms with van der Waals surface area (Å²) < 4.78 is 27.2. The molecule has 0 heterocycles. The molecule has 0 bridgehead atoms. The first-order chi connectivity index (χ1) is 7.98. The second-order valence-electron chi connectivity index (χ2n) is 3.10. The number of phenols is 1. The average Bonchev–Trinajstić information content (AvgIpc) is 2.22. The van der Waals surface area contributed by atoms with E-state index in [2.05, 4.69) is 9.07 Å². The van der Waals surface area contributed by atoms with Crippen LogP contribution in [-0.4, -0.2) is 25.2 Å². The van der Waals surface area contributed by atoms with Gasteiger partial charge in [-0.05, 0) is 17.7 Å². The van der Waals surface area contributed by atoms with Gasteiger partial charge in [-0.1, -0.05) is 6.07 Å². The van der Waals surface area contributed by atoms with Gasteiger partial charge in [0.2, 0.25) is 0 Å². The fourth-order valence-electron chi connectivity index (χ4n) is 1.06. The third-order valence-electron chi connectivity index (χ3n) is 1.79. The predicted molar refractivity (Wildman–Crippen MR) is 58.0 cm³/mol. The van der Waals surface area contributed by atoms with Crippen molar-refractivity contribution in [3.63, 3.8) is 0 Å². The standard InChI is InChI=1S/C9H11ClO6S.Na/c10-3-4-17(13,14)16-9-2-1-7(6-15-12)5-8(9)11;/h1-2,5,11-12H,3-4,6H2;/q;+1/p-1. The summed E-state index contributed by atoms with van der Waals surface area (Å²) in [7, 11) is -3.82. The van der Waals surface area contributed by atoms with Crippen molar-refractivity contribution in [2.24, 2.45) is 0 Å². The molecule has 1 N–H and O–H groups in total. The molecule has 18 heavy (non-hydrogen) atoms. The van der Waals surface area contributed by atoms with Crippen molar-refractivity contribution in [2.45, 2.75) is 6.61 Å². The van der Waals surface area contributed by atoms with E-state index in [4.69, 9.17) is 11.6 Å². The van der Waals surface area contributed by atoms with E-state index >= 15 is 0 Å². The Labute approximate surface area is 132 Å². The summed E-state index contributed by atoms with van der Waals surface area (Å²) in [5.41, 5.74) is 0.402. The van der Waals surface area contributed by atoms with E-state index in [0.29, 0.717) is 5.56 Å². The number of phenolic OH excluding ortho intramolecular Hbond substituents is 1. The molecule has 0 saturated carbocycles. The Balaban J connectivity index is 0.00000289. The van der Waals surface area contributed by atoms with Gasteiger partial charge in [-0.2, -0.15) is 8.42 Å². The van der Waals surface area contributed by atoms with Gasteiger partial charge < -0.3 is 19.4 Å². The van der Waals surface area contributed by atoms with Crippen LogP contribution in [0.15, 0.2) is 18.2 Å². The maximum atomic E-state index is 11.3. The minimum Gasteiger partial charge on any atom is -0.723 e. The van der Waals surface area contributed by atoms with Crippen molar-refractivity contribution in [1.29, 1.82) is 0 Å². The SMILES string of the molecule is O=S(=O)(CCCl)Oc1ccc(CO[O-])cc1O.[Na+]. The molecule has 1 aromatic rings. The summed E-state index contributed by atoms with van der Waals surface area (Å²) in [5, 5.41) is 19.4. The zero-order valence-corrected chi connectivity index (χ0v) is 13.2. The molecular formula is C9H10ClNaO6S. The van der Waals surface area contributed by atoms with Crippen LogP contribution in [0.25, 0.3) is 0 Å². The summed E-state index contributed by atoms with van der Waals surface area (Å²) >= 11 is 5.29. The quantitative estimate of drug-likeness (QED) is 0.200. The van der Waals surface area contributed by atoms with E-state index in [1.54, 1.807) is 0 Å². The molecule has 0 amide bonds. The summed E-state index contributed by atoms with van der Waals surface area (Å²) in [4.78, 5) is 3.62. The summed E-state index contributed by atoms with van der Waals surface area (Å²) in [5.74, 6) is -1.08. The molecule has 96 valence electrons. The number of aromatic hydroxyl groups is 1. The third kappa shape index (κ3) is 5.75. The Morgan fingerprint density at radius 3 is 2.56 bits per heavy atom. The van der Waals surface area contributed by atoms with Crippen LogP contribution < -0.4 is 39.0 Å². The van der Waals surface area contributed by atoms with Crippen LogP contribution >= 0.6 is 11.6 Å². The summed E-state index contributed by atoms with van der Waals surface area (Å²) in [6.07, 6.45) is 0. The fraction of sp³-hybridized carbons (Fsp3) is 0.333. The van der Waals surface area contributed by atoms with E-state index in [-0.39, 0.29) is 53.5 Å². The minimum absolute atomic E-state index is 0. The monoisotopic (exact) mass is 304 g/mol. The van der Waals surface area contributed by atoms with Gasteiger partial charge in [0.15, 0.2) is 11.5 Å². The van der Waals surface area contributed by atoms with E-state index in [1.807, 2.05) is 0 Å². The summed E-state index contributed by atoms with van der Waals surface area (Å²) in [6, 6.07) is 3.82. The molecule has 1 aromatic carbocycles. The zero-order chi connectivity index (χ0) is 12.9. The van der Waals surface area contributed by atoms with Gasteiger partial charge in [0.1, 0.15) is 0 Å². The van der Waals surface area contributed by atoms with Crippen LogP contribution in [-0.2, 0) is 21.6 Å². The van der Waals surface area contributed by atoms with E-state index in [0.717, 1.165) is 0 Å². The first-order valence-corrected chi connectivity index (χ1v) is 6.64. The van der Waals surface area contributed by atoms with Crippen molar-refractivity contribution in [3.8, 4) is 11.5 Å². The molecular weight excluding hydrogens is 295 g/mol. The van der Waals surface area contributed by atoms with Gasteiger partial charge >= 0.3 is 39.7 Å². The summed E-state index contributed by atoms with van der Waals surface area (Å²) in [6.45, 7) is -0.234. The molecule has 0 saturated heterocycles. The van der Waals surface area contributed by atoms with Crippen molar-refractivity contribution in [3.05, 3.63) is 23.8 Å². The van der Waals surface area contributed by atoms with Gasteiger partial charge in [0.25, 0.3) is 0 Å². The zero-order valence-electron chi connectivity index (χ0n) is 9.63. The van der Waals surface area contributed by atoms with Crippen LogP contribution in [0.1, 0.15) is 5.56 Å². The molecule has 0 unspecified atom stereocenters. The third-order valence-corrected chi connectivity index (χ3v) is 3.34. The number of halogens is 1. The molecule has 1 rings (SSSR count). The molecule has 0 spiro atoms. The molecule has 0 aliphatic heterocycles. The maximum absolute atomic E-state index is 11.3. The number of alkyl halides is 1. The molecule has 0 radical (unpaired) electrons. The van der Waals surface area contributed by atoms with E-state index < -0.39 is 15.9 Å². The Bertz CT molecular complexity index is 478. The molecule has 9 heteroatoms. The average molecular weight is 305 g/mol. The van der Waals surface area contributed by atoms with Gasteiger partial charge in [0, 0.05) is 5.88 Å². The van der Waals surface area contributed by atoms with Crippen LogP contribution in [0.2, 0.25) is 0 Å². The number of hydrogen-bond donors (Lipinski definition) is 1. The molecule has 0 aliphatic rings. The Morgan fingerprint density at radius 1 is 1.39 bits per heavy atom. The Morgan fingerprint density at radius 2 is 2.06 bits per heavy atom. The van der Waals surface area contributed by atoms with Gasteiger partial charge in [0.05, 0.1) is 12.4 Å². The molecule has 0 fully saturated rings. The Hall–Kier alpha value is -0.0200. The van der Waals surface area contributed by atoms with Gasteiger partial charge in [-0.25, -0.2) is 0 Å². The number of benzene rings is 1.